The lowest BCUT2D eigenvalue weighted by atomic mass is 10.0. The van der Waals surface area contributed by atoms with E-state index in [4.69, 9.17) is 0 Å². The maximum Gasteiger partial charge on any atom is 0.387 e. The van der Waals surface area contributed by atoms with Gasteiger partial charge in [-0.05, 0) is 37.7 Å². The Morgan fingerprint density at radius 2 is 2.10 bits per heavy atom. The summed E-state index contributed by atoms with van der Waals surface area (Å²) >= 11 is 0. The van der Waals surface area contributed by atoms with Gasteiger partial charge in [0.2, 0.25) is 0 Å². The summed E-state index contributed by atoms with van der Waals surface area (Å²) in [5, 5.41) is 7.51. The molecule has 0 fully saturated rings. The maximum atomic E-state index is 12.3. The van der Waals surface area contributed by atoms with Crippen molar-refractivity contribution in [3.63, 3.8) is 0 Å². The van der Waals surface area contributed by atoms with Crippen LogP contribution in [0.4, 0.5) is 8.78 Å². The number of rotatable bonds is 6. The lowest BCUT2D eigenvalue weighted by Gasteiger charge is -2.17. The highest BCUT2D eigenvalue weighted by atomic mass is 19.3. The molecule has 0 bridgehead atoms. The summed E-state index contributed by atoms with van der Waals surface area (Å²) in [6, 6.07) is 8.78. The number of alkyl halides is 2. The molecule has 2 aromatic rings. The van der Waals surface area contributed by atoms with Crippen LogP contribution < -0.4 is 10.1 Å². The predicted octanol–water partition coefficient (Wildman–Crippen LogP) is 2.83. The van der Waals surface area contributed by atoms with Crippen molar-refractivity contribution >= 4 is 0 Å². The van der Waals surface area contributed by atoms with Gasteiger partial charge >= 0.3 is 6.61 Å². The minimum absolute atomic E-state index is 0.000947. The molecule has 0 spiro atoms. The largest absolute Gasteiger partial charge is 0.435 e. The molecule has 21 heavy (non-hydrogen) atoms. The number of benzene rings is 1. The van der Waals surface area contributed by atoms with Crippen molar-refractivity contribution in [2.75, 3.05) is 7.05 Å². The van der Waals surface area contributed by atoms with Crippen molar-refractivity contribution in [2.45, 2.75) is 26.0 Å². The summed E-state index contributed by atoms with van der Waals surface area (Å²) in [5.74, 6) is 0.170. The molecule has 6 heteroatoms. The molecule has 0 aliphatic carbocycles. The topological polar surface area (TPSA) is 39.1 Å². The van der Waals surface area contributed by atoms with Crippen LogP contribution >= 0.6 is 0 Å². The molecule has 4 nitrogen and oxygen atoms in total. The summed E-state index contributed by atoms with van der Waals surface area (Å²) < 4.78 is 30.9. The number of hydrogen-bond acceptors (Lipinski definition) is 3. The van der Waals surface area contributed by atoms with Crippen LogP contribution in [-0.2, 0) is 13.5 Å². The second-order valence-electron chi connectivity index (χ2n) is 4.90. The molecule has 1 aromatic heterocycles. The first-order chi connectivity index (χ1) is 9.99. The summed E-state index contributed by atoms with van der Waals surface area (Å²) in [6.07, 6.45) is 0.714. The van der Waals surface area contributed by atoms with Crippen LogP contribution in [0.15, 0.2) is 30.3 Å². The molecule has 1 N–H and O–H groups in total. The number of halogens is 2. The van der Waals surface area contributed by atoms with E-state index >= 15 is 0 Å². The van der Waals surface area contributed by atoms with Crippen molar-refractivity contribution in [3.05, 3.63) is 47.3 Å². The zero-order valence-electron chi connectivity index (χ0n) is 12.3. The fourth-order valence-corrected chi connectivity index (χ4v) is 2.36. The molecule has 1 atom stereocenters. The second-order valence-corrected chi connectivity index (χ2v) is 4.90. The molecule has 0 aliphatic heterocycles. The molecule has 1 aromatic carbocycles. The van der Waals surface area contributed by atoms with Gasteiger partial charge in [0.15, 0.2) is 0 Å². The Morgan fingerprint density at radius 1 is 1.33 bits per heavy atom. The first-order valence-corrected chi connectivity index (χ1v) is 6.71. The normalized spacial score (nSPS) is 12.7. The molecule has 0 radical (unpaired) electrons. The smallest absolute Gasteiger partial charge is 0.387 e. The van der Waals surface area contributed by atoms with Gasteiger partial charge in [-0.15, -0.1) is 0 Å². The van der Waals surface area contributed by atoms with Crippen LogP contribution in [0.3, 0.4) is 0 Å². The summed E-state index contributed by atoms with van der Waals surface area (Å²) in [6.45, 7) is -0.873. The second kappa shape index (κ2) is 6.67. The first-order valence-electron chi connectivity index (χ1n) is 6.71. The van der Waals surface area contributed by atoms with E-state index in [-0.39, 0.29) is 11.8 Å². The van der Waals surface area contributed by atoms with Gasteiger partial charge in [0.1, 0.15) is 5.75 Å². The zero-order chi connectivity index (χ0) is 15.4. The van der Waals surface area contributed by atoms with Crippen molar-refractivity contribution in [1.29, 1.82) is 0 Å². The summed E-state index contributed by atoms with van der Waals surface area (Å²) in [4.78, 5) is 0. The number of ether oxygens (including phenoxy) is 1. The number of likely N-dealkylation sites (N-methyl/N-ethyl adjacent to an activating group) is 1. The summed E-state index contributed by atoms with van der Waals surface area (Å²) in [7, 11) is 3.74. The van der Waals surface area contributed by atoms with Gasteiger partial charge in [0, 0.05) is 25.2 Å². The van der Waals surface area contributed by atoms with Crippen LogP contribution in [0.1, 0.15) is 23.0 Å². The molecule has 0 saturated carbocycles. The molecule has 0 amide bonds. The van der Waals surface area contributed by atoms with E-state index in [9.17, 15) is 8.78 Å². The monoisotopic (exact) mass is 295 g/mol. The Balaban J connectivity index is 2.19. The molecule has 114 valence electrons. The highest BCUT2D eigenvalue weighted by molar-refractivity contribution is 5.31. The van der Waals surface area contributed by atoms with Crippen LogP contribution in [0.5, 0.6) is 5.75 Å². The van der Waals surface area contributed by atoms with E-state index in [1.807, 2.05) is 37.8 Å². The van der Waals surface area contributed by atoms with E-state index in [0.29, 0.717) is 6.42 Å². The van der Waals surface area contributed by atoms with Crippen molar-refractivity contribution in [3.8, 4) is 5.75 Å². The maximum absolute atomic E-state index is 12.3. The number of hydrogen-bond donors (Lipinski definition) is 1. The molecular weight excluding hydrogens is 276 g/mol. The minimum atomic E-state index is -2.81. The van der Waals surface area contributed by atoms with Crippen LogP contribution in [0.25, 0.3) is 0 Å². The van der Waals surface area contributed by atoms with E-state index in [2.05, 4.69) is 15.2 Å². The van der Waals surface area contributed by atoms with Crippen molar-refractivity contribution in [1.82, 2.24) is 15.1 Å². The zero-order valence-corrected chi connectivity index (χ0v) is 12.3. The average Bonchev–Trinajstić information content (AvgIpc) is 2.73. The molecular formula is C15H19F2N3O. The Morgan fingerprint density at radius 3 is 2.67 bits per heavy atom. The highest BCUT2D eigenvalue weighted by Crippen LogP contribution is 2.23. The van der Waals surface area contributed by atoms with E-state index < -0.39 is 6.61 Å². The third-order valence-corrected chi connectivity index (χ3v) is 3.35. The number of nitrogens with zero attached hydrogens (tertiary/aromatic N) is 2. The lowest BCUT2D eigenvalue weighted by molar-refractivity contribution is -0.0499. The van der Waals surface area contributed by atoms with Crippen molar-refractivity contribution in [2.24, 2.45) is 7.05 Å². The van der Waals surface area contributed by atoms with E-state index in [1.165, 1.54) is 6.07 Å². The fourth-order valence-electron chi connectivity index (χ4n) is 2.36. The highest BCUT2D eigenvalue weighted by Gasteiger charge is 2.14. The number of aromatic nitrogens is 2. The third kappa shape index (κ3) is 4.01. The molecule has 0 aliphatic rings. The Hall–Kier alpha value is -1.95. The minimum Gasteiger partial charge on any atom is -0.435 e. The molecule has 0 saturated heterocycles. The Labute approximate surface area is 122 Å². The first kappa shape index (κ1) is 15.4. The van der Waals surface area contributed by atoms with Gasteiger partial charge in [-0.25, -0.2) is 0 Å². The lowest BCUT2D eigenvalue weighted by Crippen LogP contribution is -2.20. The van der Waals surface area contributed by atoms with Crippen molar-refractivity contribution < 1.29 is 13.5 Å². The van der Waals surface area contributed by atoms with Gasteiger partial charge in [0.25, 0.3) is 0 Å². The fraction of sp³-hybridized carbons (Fsp3) is 0.400. The Kier molecular flexibility index (Phi) is 4.90. The molecule has 1 heterocycles. The quantitative estimate of drug-likeness (QED) is 0.890. The molecule has 1 unspecified atom stereocenters. The van der Waals surface area contributed by atoms with E-state index in [0.717, 1.165) is 17.0 Å². The van der Waals surface area contributed by atoms with E-state index in [1.54, 1.807) is 12.1 Å². The van der Waals surface area contributed by atoms with Gasteiger partial charge in [-0.3, -0.25) is 4.68 Å². The standard InChI is InChI=1S/C15H19F2N3O/c1-10-7-12(20(3)19-10)9-14(18-2)11-5-4-6-13(8-11)21-15(16)17/h4-8,14-15,18H,9H2,1-3H3. The third-order valence-electron chi connectivity index (χ3n) is 3.35. The van der Waals surface area contributed by atoms with Crippen LogP contribution in [0, 0.1) is 6.92 Å². The van der Waals surface area contributed by atoms with Gasteiger partial charge in [-0.1, -0.05) is 12.1 Å². The Bertz CT molecular complexity index is 598. The molecule has 2 rings (SSSR count). The van der Waals surface area contributed by atoms with Crippen LogP contribution in [0.2, 0.25) is 0 Å². The average molecular weight is 295 g/mol. The van der Waals surface area contributed by atoms with Crippen LogP contribution in [-0.4, -0.2) is 23.4 Å². The number of aryl methyl sites for hydroxylation is 2. The van der Waals surface area contributed by atoms with Gasteiger partial charge in [0.05, 0.1) is 5.69 Å². The predicted molar refractivity (Wildman–Crippen MR) is 76.5 cm³/mol. The van der Waals surface area contributed by atoms with Gasteiger partial charge in [-0.2, -0.15) is 13.9 Å². The van der Waals surface area contributed by atoms with Gasteiger partial charge < -0.3 is 10.1 Å². The number of nitrogens with one attached hydrogen (secondary N) is 1. The summed E-state index contributed by atoms with van der Waals surface area (Å²) in [5.41, 5.74) is 2.93. The SMILES string of the molecule is CNC(Cc1cc(C)nn1C)c1cccc(OC(F)F)c1.